The van der Waals surface area contributed by atoms with Crippen LogP contribution in [0.2, 0.25) is 0 Å². The Hall–Kier alpha value is -4.76. The summed E-state index contributed by atoms with van der Waals surface area (Å²) in [6.07, 6.45) is 3.42. The molecule has 194 valence electrons. The molecule has 0 unspecified atom stereocenters. The molecule has 1 N–H and O–H groups in total. The van der Waals surface area contributed by atoms with Crippen molar-refractivity contribution >= 4 is 43.5 Å². The standard InChI is InChI=1S/C30H26N6O2S/c1-35(29-13-4-5-18-31-29)20-22-14-16-24(17-15-22)39(37,38)36(21-28-33-25-10-2-3-11-26(25)34-28)27-12-6-8-23-9-7-19-32-30(23)27/h2-19H,20-21H2,1H3,(H,33,34). The molecule has 0 saturated carbocycles. The Morgan fingerprint density at radius 2 is 1.54 bits per heavy atom. The maximum absolute atomic E-state index is 14.2. The molecule has 0 spiro atoms. The first-order chi connectivity index (χ1) is 19.0. The molecular weight excluding hydrogens is 508 g/mol. The van der Waals surface area contributed by atoms with Crippen molar-refractivity contribution in [3.63, 3.8) is 0 Å². The Labute approximate surface area is 226 Å². The van der Waals surface area contributed by atoms with Crippen molar-refractivity contribution in [2.75, 3.05) is 16.3 Å². The molecule has 8 nitrogen and oxygen atoms in total. The predicted octanol–water partition coefficient (Wildman–Crippen LogP) is 5.54. The Bertz CT molecular complexity index is 1820. The zero-order chi connectivity index (χ0) is 26.8. The lowest BCUT2D eigenvalue weighted by molar-refractivity contribution is 0.589. The van der Waals surface area contributed by atoms with E-state index >= 15 is 0 Å². The third-order valence-electron chi connectivity index (χ3n) is 6.58. The van der Waals surface area contributed by atoms with Crippen LogP contribution < -0.4 is 9.21 Å². The van der Waals surface area contributed by atoms with E-state index in [9.17, 15) is 8.42 Å². The van der Waals surface area contributed by atoms with Gasteiger partial charge in [0.2, 0.25) is 0 Å². The maximum atomic E-state index is 14.2. The fraction of sp³-hybridized carbons (Fsp3) is 0.100. The summed E-state index contributed by atoms with van der Waals surface area (Å²) in [5.41, 5.74) is 3.70. The minimum atomic E-state index is -3.97. The van der Waals surface area contributed by atoms with Gasteiger partial charge in [0.15, 0.2) is 0 Å². The van der Waals surface area contributed by atoms with Crippen LogP contribution in [-0.4, -0.2) is 35.4 Å². The van der Waals surface area contributed by atoms with Crippen molar-refractivity contribution in [1.82, 2.24) is 19.9 Å². The number of fused-ring (bicyclic) bond motifs is 2. The topological polar surface area (TPSA) is 95.1 Å². The number of nitrogens with one attached hydrogen (secondary N) is 1. The van der Waals surface area contributed by atoms with E-state index < -0.39 is 10.0 Å². The van der Waals surface area contributed by atoms with E-state index in [1.807, 2.05) is 90.8 Å². The molecule has 0 bridgehead atoms. The first-order valence-electron chi connectivity index (χ1n) is 12.5. The average molecular weight is 535 g/mol. The van der Waals surface area contributed by atoms with Crippen LogP contribution in [0.15, 0.2) is 114 Å². The molecular formula is C30H26N6O2S. The van der Waals surface area contributed by atoms with Crippen LogP contribution in [0, 0.1) is 0 Å². The Morgan fingerprint density at radius 3 is 2.33 bits per heavy atom. The monoisotopic (exact) mass is 534 g/mol. The molecule has 0 aliphatic rings. The minimum absolute atomic E-state index is 0.0247. The Kier molecular flexibility index (Phi) is 6.42. The lowest BCUT2D eigenvalue weighted by Crippen LogP contribution is -2.31. The van der Waals surface area contributed by atoms with E-state index in [2.05, 4.69) is 19.9 Å². The highest BCUT2D eigenvalue weighted by atomic mass is 32.2. The quantitative estimate of drug-likeness (QED) is 0.276. The van der Waals surface area contributed by atoms with Crippen LogP contribution >= 0.6 is 0 Å². The van der Waals surface area contributed by atoms with Crippen molar-refractivity contribution in [3.8, 4) is 0 Å². The van der Waals surface area contributed by atoms with E-state index in [1.165, 1.54) is 4.31 Å². The zero-order valence-electron chi connectivity index (χ0n) is 21.3. The highest BCUT2D eigenvalue weighted by molar-refractivity contribution is 7.92. The summed E-state index contributed by atoms with van der Waals surface area (Å²) in [7, 11) is -2.02. The lowest BCUT2D eigenvalue weighted by Gasteiger charge is -2.25. The van der Waals surface area contributed by atoms with Gasteiger partial charge in [-0.3, -0.25) is 9.29 Å². The van der Waals surface area contributed by atoms with Crippen LogP contribution in [0.3, 0.4) is 0 Å². The molecule has 0 aliphatic heterocycles. The molecule has 0 aliphatic carbocycles. The SMILES string of the molecule is CN(Cc1ccc(S(=O)(=O)N(Cc2nc3ccccc3[nH]2)c2cccc3cccnc23)cc1)c1ccccn1. The zero-order valence-corrected chi connectivity index (χ0v) is 22.1. The number of imidazole rings is 1. The van der Waals surface area contributed by atoms with Crippen LogP contribution in [0.4, 0.5) is 11.5 Å². The first-order valence-corrected chi connectivity index (χ1v) is 13.9. The van der Waals surface area contributed by atoms with Crippen molar-refractivity contribution in [2.45, 2.75) is 18.0 Å². The van der Waals surface area contributed by atoms with Gasteiger partial charge in [0.25, 0.3) is 10.0 Å². The number of anilines is 2. The number of hydrogen-bond donors (Lipinski definition) is 1. The van der Waals surface area contributed by atoms with Crippen LogP contribution in [0.1, 0.15) is 11.4 Å². The van der Waals surface area contributed by atoms with E-state index in [1.54, 1.807) is 30.6 Å². The number of nitrogens with zero attached hydrogens (tertiary/aromatic N) is 5. The van der Waals surface area contributed by atoms with Crippen molar-refractivity contribution < 1.29 is 8.42 Å². The van der Waals surface area contributed by atoms with Crippen molar-refractivity contribution in [3.05, 3.63) is 121 Å². The van der Waals surface area contributed by atoms with Gasteiger partial charge in [0.05, 0.1) is 33.7 Å². The second kappa shape index (κ2) is 10.2. The number of H-pyrrole nitrogens is 1. The molecule has 0 atom stereocenters. The summed E-state index contributed by atoms with van der Waals surface area (Å²) in [6, 6.07) is 29.7. The first kappa shape index (κ1) is 24.6. The van der Waals surface area contributed by atoms with Crippen molar-refractivity contribution in [2.24, 2.45) is 0 Å². The van der Waals surface area contributed by atoms with Gasteiger partial charge in [0, 0.05) is 31.4 Å². The van der Waals surface area contributed by atoms with E-state index in [-0.39, 0.29) is 11.4 Å². The van der Waals surface area contributed by atoms with Gasteiger partial charge in [-0.1, -0.05) is 48.5 Å². The maximum Gasteiger partial charge on any atom is 0.264 e. The average Bonchev–Trinajstić information content (AvgIpc) is 3.39. The molecule has 0 radical (unpaired) electrons. The van der Waals surface area contributed by atoms with Gasteiger partial charge in [-0.25, -0.2) is 18.4 Å². The van der Waals surface area contributed by atoms with Crippen LogP contribution in [0.25, 0.3) is 21.9 Å². The fourth-order valence-corrected chi connectivity index (χ4v) is 6.07. The Morgan fingerprint density at radius 1 is 0.769 bits per heavy atom. The largest absolute Gasteiger partial charge is 0.355 e. The number of aromatic amines is 1. The molecule has 0 saturated heterocycles. The number of pyridine rings is 2. The highest BCUT2D eigenvalue weighted by Crippen LogP contribution is 2.31. The smallest absolute Gasteiger partial charge is 0.264 e. The summed E-state index contributed by atoms with van der Waals surface area (Å²) in [4.78, 5) is 19.0. The minimum Gasteiger partial charge on any atom is -0.355 e. The van der Waals surface area contributed by atoms with Gasteiger partial charge < -0.3 is 9.88 Å². The fourth-order valence-electron chi connectivity index (χ4n) is 4.63. The van der Waals surface area contributed by atoms with Crippen molar-refractivity contribution in [1.29, 1.82) is 0 Å². The second-order valence-corrected chi connectivity index (χ2v) is 11.1. The highest BCUT2D eigenvalue weighted by Gasteiger charge is 2.28. The molecule has 0 amide bonds. The molecule has 6 aromatic rings. The third-order valence-corrected chi connectivity index (χ3v) is 8.36. The molecule has 3 aromatic heterocycles. The molecule has 3 heterocycles. The van der Waals surface area contributed by atoms with E-state index in [0.29, 0.717) is 23.6 Å². The normalized spacial score (nSPS) is 11.6. The number of sulfonamides is 1. The van der Waals surface area contributed by atoms with Gasteiger partial charge in [-0.05, 0) is 54.1 Å². The molecule has 9 heteroatoms. The number of benzene rings is 3. The molecule has 39 heavy (non-hydrogen) atoms. The lowest BCUT2D eigenvalue weighted by atomic mass is 10.2. The van der Waals surface area contributed by atoms with Gasteiger partial charge in [0.1, 0.15) is 11.6 Å². The summed E-state index contributed by atoms with van der Waals surface area (Å²) in [6.45, 7) is 0.615. The summed E-state index contributed by atoms with van der Waals surface area (Å²) >= 11 is 0. The van der Waals surface area contributed by atoms with E-state index in [4.69, 9.17) is 0 Å². The number of hydrogen-bond acceptors (Lipinski definition) is 6. The molecule has 6 rings (SSSR count). The second-order valence-electron chi connectivity index (χ2n) is 9.25. The predicted molar refractivity (Wildman–Crippen MR) is 154 cm³/mol. The summed E-state index contributed by atoms with van der Waals surface area (Å²) < 4.78 is 29.8. The van der Waals surface area contributed by atoms with E-state index in [0.717, 1.165) is 27.8 Å². The Balaban J connectivity index is 1.37. The van der Waals surface area contributed by atoms with Crippen LogP contribution in [0.5, 0.6) is 0 Å². The van der Waals surface area contributed by atoms with Gasteiger partial charge >= 0.3 is 0 Å². The van der Waals surface area contributed by atoms with Gasteiger partial charge in [-0.15, -0.1) is 0 Å². The van der Waals surface area contributed by atoms with Gasteiger partial charge in [-0.2, -0.15) is 0 Å². The molecule has 3 aromatic carbocycles. The summed E-state index contributed by atoms with van der Waals surface area (Å²) in [5, 5.41) is 0.854. The third kappa shape index (κ3) is 4.92. The molecule has 0 fully saturated rings. The summed E-state index contributed by atoms with van der Waals surface area (Å²) in [5.74, 6) is 1.39. The number of aromatic nitrogens is 4. The number of rotatable bonds is 8. The van der Waals surface area contributed by atoms with Crippen LogP contribution in [-0.2, 0) is 23.1 Å². The number of para-hydroxylation sites is 3.